The van der Waals surface area contributed by atoms with Crippen molar-refractivity contribution in [2.24, 2.45) is 5.92 Å². The Bertz CT molecular complexity index is 1000. The van der Waals surface area contributed by atoms with Gasteiger partial charge in [0, 0.05) is 30.9 Å². The Morgan fingerprint density at radius 2 is 2.03 bits per heavy atom. The SMILES string of the molecule is Cc1cc(=O)c(C(=O)N[C@H](C)CN2CCC[C@@H](C)C2)nn1-c1ccccc1C(F)(F)F. The van der Waals surface area contributed by atoms with E-state index in [0.717, 1.165) is 36.3 Å². The van der Waals surface area contributed by atoms with E-state index in [2.05, 4.69) is 22.2 Å². The summed E-state index contributed by atoms with van der Waals surface area (Å²) in [6, 6.07) is 5.82. The summed E-state index contributed by atoms with van der Waals surface area (Å²) >= 11 is 0. The van der Waals surface area contributed by atoms with Crippen LogP contribution in [0.5, 0.6) is 0 Å². The molecule has 9 heteroatoms. The lowest BCUT2D eigenvalue weighted by molar-refractivity contribution is -0.137. The number of nitrogens with one attached hydrogen (secondary N) is 1. The van der Waals surface area contributed by atoms with E-state index in [0.29, 0.717) is 12.5 Å². The first-order valence-electron chi connectivity index (χ1n) is 10.4. The van der Waals surface area contributed by atoms with Gasteiger partial charge in [0.25, 0.3) is 5.91 Å². The van der Waals surface area contributed by atoms with Crippen molar-refractivity contribution in [2.75, 3.05) is 19.6 Å². The number of nitrogens with zero attached hydrogens (tertiary/aromatic N) is 3. The van der Waals surface area contributed by atoms with Crippen LogP contribution < -0.4 is 10.7 Å². The van der Waals surface area contributed by atoms with Gasteiger partial charge in [0.2, 0.25) is 5.43 Å². The molecular weight excluding hydrogens is 409 g/mol. The zero-order valence-electron chi connectivity index (χ0n) is 17.9. The molecule has 1 aliphatic heterocycles. The molecule has 168 valence electrons. The summed E-state index contributed by atoms with van der Waals surface area (Å²) in [5.41, 5.74) is -1.99. The Morgan fingerprint density at radius 1 is 1.32 bits per heavy atom. The Labute approximate surface area is 179 Å². The lowest BCUT2D eigenvalue weighted by Gasteiger charge is -2.32. The molecule has 31 heavy (non-hydrogen) atoms. The number of para-hydroxylation sites is 1. The smallest absolute Gasteiger partial charge is 0.347 e. The number of amides is 1. The fourth-order valence-corrected chi connectivity index (χ4v) is 4.02. The summed E-state index contributed by atoms with van der Waals surface area (Å²) in [7, 11) is 0. The Balaban J connectivity index is 1.85. The quantitative estimate of drug-likeness (QED) is 0.780. The summed E-state index contributed by atoms with van der Waals surface area (Å²) < 4.78 is 41.3. The van der Waals surface area contributed by atoms with Crippen LogP contribution in [0.25, 0.3) is 5.69 Å². The van der Waals surface area contributed by atoms with E-state index in [-0.39, 0.29) is 17.4 Å². The average Bonchev–Trinajstić information content (AvgIpc) is 2.67. The lowest BCUT2D eigenvalue weighted by Crippen LogP contribution is -2.46. The molecule has 0 saturated carbocycles. The topological polar surface area (TPSA) is 67.2 Å². The molecule has 1 fully saturated rings. The molecule has 1 aromatic carbocycles. The zero-order chi connectivity index (χ0) is 22.8. The molecule has 2 atom stereocenters. The van der Waals surface area contributed by atoms with E-state index in [1.54, 1.807) is 0 Å². The summed E-state index contributed by atoms with van der Waals surface area (Å²) in [5, 5.41) is 6.77. The molecule has 1 saturated heterocycles. The average molecular weight is 436 g/mol. The number of alkyl halides is 3. The molecule has 0 radical (unpaired) electrons. The molecule has 0 aliphatic carbocycles. The fourth-order valence-electron chi connectivity index (χ4n) is 4.02. The first kappa shape index (κ1) is 23.0. The standard InChI is InChI=1S/C22H27F3N4O2/c1-14-7-6-10-28(12-14)13-15(2)26-21(31)20-19(30)11-16(3)29(27-20)18-9-5-4-8-17(18)22(23,24)25/h4-5,8-9,11,14-15H,6-7,10,12-13H2,1-3H3,(H,26,31)/t14-,15-/m1/s1. The third-order valence-corrected chi connectivity index (χ3v) is 5.41. The van der Waals surface area contributed by atoms with Crippen LogP contribution in [0, 0.1) is 12.8 Å². The van der Waals surface area contributed by atoms with Crippen LogP contribution in [0.2, 0.25) is 0 Å². The maximum atomic E-state index is 13.4. The van der Waals surface area contributed by atoms with Crippen molar-refractivity contribution in [1.82, 2.24) is 20.0 Å². The number of aromatic nitrogens is 2. The van der Waals surface area contributed by atoms with Crippen molar-refractivity contribution >= 4 is 5.91 Å². The van der Waals surface area contributed by atoms with Crippen LogP contribution in [-0.4, -0.2) is 46.3 Å². The van der Waals surface area contributed by atoms with E-state index in [4.69, 9.17) is 0 Å². The van der Waals surface area contributed by atoms with Crippen LogP contribution in [0.15, 0.2) is 35.1 Å². The molecular formula is C22H27F3N4O2. The number of halogens is 3. The monoisotopic (exact) mass is 436 g/mol. The third kappa shape index (κ3) is 5.52. The molecule has 0 unspecified atom stereocenters. The van der Waals surface area contributed by atoms with Crippen LogP contribution >= 0.6 is 0 Å². The first-order valence-corrected chi connectivity index (χ1v) is 10.4. The second kappa shape index (κ2) is 9.21. The number of aryl methyl sites for hydroxylation is 1. The van der Waals surface area contributed by atoms with Crippen LogP contribution in [0.1, 0.15) is 48.4 Å². The van der Waals surface area contributed by atoms with E-state index in [9.17, 15) is 22.8 Å². The van der Waals surface area contributed by atoms with E-state index < -0.39 is 28.8 Å². The zero-order valence-corrected chi connectivity index (χ0v) is 17.9. The molecule has 1 aromatic heterocycles. The third-order valence-electron chi connectivity index (χ3n) is 5.41. The number of carbonyl (C=O) groups is 1. The number of benzene rings is 1. The van der Waals surface area contributed by atoms with Crippen molar-refractivity contribution < 1.29 is 18.0 Å². The summed E-state index contributed by atoms with van der Waals surface area (Å²) in [4.78, 5) is 27.4. The van der Waals surface area contributed by atoms with E-state index >= 15 is 0 Å². The highest BCUT2D eigenvalue weighted by atomic mass is 19.4. The second-order valence-electron chi connectivity index (χ2n) is 8.31. The van der Waals surface area contributed by atoms with Gasteiger partial charge in [0.05, 0.1) is 11.3 Å². The van der Waals surface area contributed by atoms with Gasteiger partial charge in [0.15, 0.2) is 5.69 Å². The highest BCUT2D eigenvalue weighted by molar-refractivity contribution is 5.92. The number of rotatable bonds is 5. The van der Waals surface area contributed by atoms with Gasteiger partial charge in [-0.05, 0) is 51.3 Å². The van der Waals surface area contributed by atoms with Gasteiger partial charge >= 0.3 is 6.18 Å². The molecule has 0 spiro atoms. The molecule has 1 amide bonds. The van der Waals surface area contributed by atoms with Gasteiger partial charge in [-0.25, -0.2) is 4.68 Å². The number of hydrogen-bond acceptors (Lipinski definition) is 4. The van der Waals surface area contributed by atoms with E-state index in [1.807, 2.05) is 6.92 Å². The predicted octanol–water partition coefficient (Wildman–Crippen LogP) is 3.41. The van der Waals surface area contributed by atoms with Crippen molar-refractivity contribution in [3.8, 4) is 5.69 Å². The highest BCUT2D eigenvalue weighted by Gasteiger charge is 2.34. The number of piperidine rings is 1. The normalized spacial score (nSPS) is 18.6. The maximum absolute atomic E-state index is 13.4. The molecule has 2 heterocycles. The minimum Gasteiger partial charge on any atom is -0.347 e. The molecule has 0 bridgehead atoms. The van der Waals surface area contributed by atoms with Gasteiger partial charge in [-0.3, -0.25) is 9.59 Å². The maximum Gasteiger partial charge on any atom is 0.418 e. The van der Waals surface area contributed by atoms with Crippen LogP contribution in [-0.2, 0) is 6.18 Å². The van der Waals surface area contributed by atoms with Gasteiger partial charge in [-0.15, -0.1) is 0 Å². The second-order valence-corrected chi connectivity index (χ2v) is 8.31. The molecule has 1 aliphatic rings. The highest BCUT2D eigenvalue weighted by Crippen LogP contribution is 2.33. The van der Waals surface area contributed by atoms with Crippen LogP contribution in [0.4, 0.5) is 13.2 Å². The molecule has 6 nitrogen and oxygen atoms in total. The Morgan fingerprint density at radius 3 is 2.71 bits per heavy atom. The van der Waals surface area contributed by atoms with Gasteiger partial charge in [0.1, 0.15) is 0 Å². The van der Waals surface area contributed by atoms with Gasteiger partial charge in [-0.2, -0.15) is 18.3 Å². The van der Waals surface area contributed by atoms with E-state index in [1.165, 1.54) is 31.5 Å². The van der Waals surface area contributed by atoms with Crippen molar-refractivity contribution in [1.29, 1.82) is 0 Å². The first-order chi connectivity index (χ1) is 14.6. The summed E-state index contributed by atoms with van der Waals surface area (Å²) in [5.74, 6) is -0.0999. The Hall–Kier alpha value is -2.68. The van der Waals surface area contributed by atoms with Crippen LogP contribution in [0.3, 0.4) is 0 Å². The number of carbonyl (C=O) groups excluding carboxylic acids is 1. The number of hydrogen-bond donors (Lipinski definition) is 1. The van der Waals surface area contributed by atoms with Crippen molar-refractivity contribution in [3.63, 3.8) is 0 Å². The minimum atomic E-state index is -4.60. The largest absolute Gasteiger partial charge is 0.418 e. The summed E-state index contributed by atoms with van der Waals surface area (Å²) in [6.07, 6.45) is -2.31. The lowest BCUT2D eigenvalue weighted by atomic mass is 10.00. The Kier molecular flexibility index (Phi) is 6.83. The summed E-state index contributed by atoms with van der Waals surface area (Å²) in [6.45, 7) is 8.03. The number of likely N-dealkylation sites (tertiary alicyclic amines) is 1. The van der Waals surface area contributed by atoms with Gasteiger partial charge in [-0.1, -0.05) is 19.1 Å². The van der Waals surface area contributed by atoms with Crippen molar-refractivity contribution in [3.05, 3.63) is 57.5 Å². The predicted molar refractivity (Wildman–Crippen MR) is 111 cm³/mol. The van der Waals surface area contributed by atoms with Gasteiger partial charge < -0.3 is 10.2 Å². The van der Waals surface area contributed by atoms with Crippen molar-refractivity contribution in [2.45, 2.75) is 45.8 Å². The molecule has 2 aromatic rings. The minimum absolute atomic E-state index is 0.202. The molecule has 3 rings (SSSR count). The fraction of sp³-hybridized carbons (Fsp3) is 0.500. The molecule has 1 N–H and O–H groups in total.